The lowest BCUT2D eigenvalue weighted by molar-refractivity contribution is -0.140. The standard InChI is InChI=1S/C7H12O2S/c1-3-4-10-5-6(2)7(8)9/h3,6H,1,4-5H2,2H3,(H,8,9). The number of carboxylic acid groups (broad SMARTS) is 1. The van der Waals surface area contributed by atoms with E-state index in [9.17, 15) is 4.79 Å². The SMILES string of the molecule is C=CCSCC(C)C(=O)O. The number of rotatable bonds is 5. The van der Waals surface area contributed by atoms with Crippen molar-refractivity contribution in [3.8, 4) is 0 Å². The second-order valence-corrected chi connectivity index (χ2v) is 3.14. The maximum absolute atomic E-state index is 10.3. The molecule has 0 saturated heterocycles. The number of aliphatic carboxylic acids is 1. The fraction of sp³-hybridized carbons (Fsp3) is 0.571. The van der Waals surface area contributed by atoms with E-state index in [2.05, 4.69) is 6.58 Å². The minimum atomic E-state index is -0.725. The van der Waals surface area contributed by atoms with Crippen LogP contribution in [0.1, 0.15) is 6.92 Å². The molecule has 0 fully saturated rings. The zero-order valence-electron chi connectivity index (χ0n) is 6.04. The van der Waals surface area contributed by atoms with Crippen LogP contribution in [0, 0.1) is 5.92 Å². The average molecular weight is 160 g/mol. The zero-order valence-corrected chi connectivity index (χ0v) is 6.86. The summed E-state index contributed by atoms with van der Waals surface area (Å²) in [5.74, 6) is 0.528. The highest BCUT2D eigenvalue weighted by molar-refractivity contribution is 7.99. The quantitative estimate of drug-likeness (QED) is 0.490. The van der Waals surface area contributed by atoms with Crippen molar-refractivity contribution in [2.45, 2.75) is 6.92 Å². The van der Waals surface area contributed by atoms with Crippen LogP contribution in [-0.2, 0) is 4.79 Å². The van der Waals surface area contributed by atoms with Crippen molar-refractivity contribution in [1.29, 1.82) is 0 Å². The molecule has 3 heteroatoms. The van der Waals surface area contributed by atoms with Crippen molar-refractivity contribution < 1.29 is 9.90 Å². The van der Waals surface area contributed by atoms with Gasteiger partial charge in [-0.1, -0.05) is 13.0 Å². The third-order valence-electron chi connectivity index (χ3n) is 1.03. The Morgan fingerprint density at radius 1 is 1.90 bits per heavy atom. The summed E-state index contributed by atoms with van der Waals surface area (Å²) >= 11 is 1.59. The van der Waals surface area contributed by atoms with Gasteiger partial charge in [-0.15, -0.1) is 6.58 Å². The smallest absolute Gasteiger partial charge is 0.307 e. The molecule has 1 N–H and O–H groups in total. The van der Waals surface area contributed by atoms with E-state index in [0.29, 0.717) is 5.75 Å². The van der Waals surface area contributed by atoms with Crippen LogP contribution in [-0.4, -0.2) is 22.6 Å². The van der Waals surface area contributed by atoms with Gasteiger partial charge in [-0.25, -0.2) is 0 Å². The molecule has 0 heterocycles. The first-order valence-electron chi connectivity index (χ1n) is 3.10. The van der Waals surface area contributed by atoms with Crippen LogP contribution >= 0.6 is 11.8 Å². The van der Waals surface area contributed by atoms with E-state index < -0.39 is 5.97 Å². The van der Waals surface area contributed by atoms with Crippen LogP contribution in [0.4, 0.5) is 0 Å². The van der Waals surface area contributed by atoms with Gasteiger partial charge < -0.3 is 5.11 Å². The predicted molar refractivity (Wildman–Crippen MR) is 44.3 cm³/mol. The normalized spacial score (nSPS) is 12.5. The van der Waals surface area contributed by atoms with E-state index in [1.165, 1.54) is 0 Å². The molecule has 0 aliphatic carbocycles. The largest absolute Gasteiger partial charge is 0.481 e. The summed E-state index contributed by atoms with van der Waals surface area (Å²) in [6, 6.07) is 0. The average Bonchev–Trinajstić information content (AvgIpc) is 1.88. The van der Waals surface area contributed by atoms with Crippen molar-refractivity contribution in [3.63, 3.8) is 0 Å². The monoisotopic (exact) mass is 160 g/mol. The summed E-state index contributed by atoms with van der Waals surface area (Å²) in [6.45, 7) is 5.24. The molecule has 2 nitrogen and oxygen atoms in total. The van der Waals surface area contributed by atoms with Gasteiger partial charge in [0, 0.05) is 11.5 Å². The van der Waals surface area contributed by atoms with E-state index in [4.69, 9.17) is 5.11 Å². The zero-order chi connectivity index (χ0) is 7.98. The Balaban J connectivity index is 3.30. The Kier molecular flexibility index (Phi) is 5.12. The van der Waals surface area contributed by atoms with Crippen molar-refractivity contribution in [3.05, 3.63) is 12.7 Å². The Bertz CT molecular complexity index is 123. The molecule has 1 unspecified atom stereocenters. The molecule has 0 saturated carbocycles. The number of carboxylic acids is 1. The number of hydrogen-bond acceptors (Lipinski definition) is 2. The number of hydrogen-bond donors (Lipinski definition) is 1. The molecule has 1 atom stereocenters. The maximum Gasteiger partial charge on any atom is 0.307 e. The van der Waals surface area contributed by atoms with Gasteiger partial charge in [0.05, 0.1) is 5.92 Å². The first-order valence-corrected chi connectivity index (χ1v) is 4.25. The molecule has 0 aromatic rings. The number of carbonyl (C=O) groups is 1. The van der Waals surface area contributed by atoms with Gasteiger partial charge in [-0.2, -0.15) is 11.8 Å². The van der Waals surface area contributed by atoms with E-state index in [1.54, 1.807) is 24.8 Å². The van der Waals surface area contributed by atoms with Crippen LogP contribution in [0.3, 0.4) is 0 Å². The molecular weight excluding hydrogens is 148 g/mol. The maximum atomic E-state index is 10.3. The summed E-state index contributed by atoms with van der Waals surface area (Å²) in [5, 5.41) is 8.44. The lowest BCUT2D eigenvalue weighted by Crippen LogP contribution is -2.11. The third-order valence-corrected chi connectivity index (χ3v) is 2.23. The summed E-state index contributed by atoms with van der Waals surface area (Å²) in [4.78, 5) is 10.3. The van der Waals surface area contributed by atoms with Gasteiger partial charge in [0.15, 0.2) is 0 Å². The molecule has 0 spiro atoms. The van der Waals surface area contributed by atoms with E-state index in [-0.39, 0.29) is 5.92 Å². The molecule has 58 valence electrons. The lowest BCUT2D eigenvalue weighted by Gasteiger charge is -2.02. The summed E-state index contributed by atoms with van der Waals surface area (Å²) in [5.41, 5.74) is 0. The Labute approximate surface area is 65.3 Å². The lowest BCUT2D eigenvalue weighted by atomic mass is 10.2. The first kappa shape index (κ1) is 9.56. The Morgan fingerprint density at radius 3 is 2.90 bits per heavy atom. The molecule has 0 amide bonds. The van der Waals surface area contributed by atoms with E-state index in [1.807, 2.05) is 0 Å². The molecule has 0 aliphatic rings. The fourth-order valence-corrected chi connectivity index (χ4v) is 1.20. The predicted octanol–water partition coefficient (Wildman–Crippen LogP) is 1.63. The van der Waals surface area contributed by atoms with Crippen molar-refractivity contribution in [1.82, 2.24) is 0 Å². The third kappa shape index (κ3) is 4.44. The summed E-state index contributed by atoms with van der Waals surface area (Å²) in [6.07, 6.45) is 1.78. The molecule has 0 aromatic carbocycles. The van der Waals surface area contributed by atoms with Gasteiger partial charge in [-0.3, -0.25) is 4.79 Å². The van der Waals surface area contributed by atoms with E-state index in [0.717, 1.165) is 5.75 Å². The highest BCUT2D eigenvalue weighted by Crippen LogP contribution is 2.07. The van der Waals surface area contributed by atoms with Gasteiger partial charge in [-0.05, 0) is 0 Å². The molecule has 0 radical (unpaired) electrons. The highest BCUT2D eigenvalue weighted by atomic mass is 32.2. The highest BCUT2D eigenvalue weighted by Gasteiger charge is 2.08. The summed E-state index contributed by atoms with van der Waals surface area (Å²) in [7, 11) is 0. The second kappa shape index (κ2) is 5.35. The van der Waals surface area contributed by atoms with Crippen LogP contribution in [0.5, 0.6) is 0 Å². The van der Waals surface area contributed by atoms with Gasteiger partial charge in [0.25, 0.3) is 0 Å². The molecular formula is C7H12O2S. The molecule has 0 bridgehead atoms. The van der Waals surface area contributed by atoms with Crippen LogP contribution < -0.4 is 0 Å². The van der Waals surface area contributed by atoms with Gasteiger partial charge >= 0.3 is 5.97 Å². The topological polar surface area (TPSA) is 37.3 Å². The van der Waals surface area contributed by atoms with Crippen molar-refractivity contribution >= 4 is 17.7 Å². The first-order chi connectivity index (χ1) is 4.68. The minimum Gasteiger partial charge on any atom is -0.481 e. The fourth-order valence-electron chi connectivity index (χ4n) is 0.399. The Morgan fingerprint density at radius 2 is 2.50 bits per heavy atom. The molecule has 0 rings (SSSR count). The van der Waals surface area contributed by atoms with E-state index >= 15 is 0 Å². The molecule has 0 aliphatic heterocycles. The second-order valence-electron chi connectivity index (χ2n) is 2.07. The van der Waals surface area contributed by atoms with Crippen LogP contribution in [0.2, 0.25) is 0 Å². The minimum absolute atomic E-state index is 0.245. The number of thioether (sulfide) groups is 1. The van der Waals surface area contributed by atoms with Crippen LogP contribution in [0.15, 0.2) is 12.7 Å². The van der Waals surface area contributed by atoms with Crippen molar-refractivity contribution in [2.24, 2.45) is 5.92 Å². The van der Waals surface area contributed by atoms with Gasteiger partial charge in [0.1, 0.15) is 0 Å². The van der Waals surface area contributed by atoms with Crippen molar-refractivity contribution in [2.75, 3.05) is 11.5 Å². The Hall–Kier alpha value is -0.440. The molecule has 0 aromatic heterocycles. The van der Waals surface area contributed by atoms with Crippen LogP contribution in [0.25, 0.3) is 0 Å². The summed E-state index contributed by atoms with van der Waals surface area (Å²) < 4.78 is 0. The molecule has 10 heavy (non-hydrogen) atoms. The van der Waals surface area contributed by atoms with Gasteiger partial charge in [0.2, 0.25) is 0 Å².